The SMILES string of the molecule is O=C(C(=O)N1CCCC1C(=O)O)C1CCCCCC1. The number of carbonyl (C=O) groups is 3. The van der Waals surface area contributed by atoms with Crippen molar-refractivity contribution in [2.75, 3.05) is 6.54 Å². The molecule has 1 saturated heterocycles. The van der Waals surface area contributed by atoms with E-state index in [1.807, 2.05) is 0 Å². The van der Waals surface area contributed by atoms with Crippen molar-refractivity contribution < 1.29 is 19.5 Å². The van der Waals surface area contributed by atoms with Gasteiger partial charge in [0.1, 0.15) is 6.04 Å². The molecule has 0 spiro atoms. The molecule has 19 heavy (non-hydrogen) atoms. The van der Waals surface area contributed by atoms with Crippen LogP contribution in [0.25, 0.3) is 0 Å². The number of rotatable bonds is 3. The first kappa shape index (κ1) is 14.0. The van der Waals surface area contributed by atoms with Gasteiger partial charge in [-0.25, -0.2) is 4.79 Å². The Bertz CT molecular complexity index is 372. The fourth-order valence-corrected chi connectivity index (χ4v) is 3.12. The summed E-state index contributed by atoms with van der Waals surface area (Å²) < 4.78 is 0. The second kappa shape index (κ2) is 6.17. The Kier molecular flexibility index (Phi) is 4.56. The van der Waals surface area contributed by atoms with Crippen molar-refractivity contribution in [1.29, 1.82) is 0 Å². The maximum atomic E-state index is 12.2. The van der Waals surface area contributed by atoms with Crippen molar-refractivity contribution in [1.82, 2.24) is 4.90 Å². The van der Waals surface area contributed by atoms with E-state index in [9.17, 15) is 14.4 Å². The van der Waals surface area contributed by atoms with Gasteiger partial charge in [-0.3, -0.25) is 9.59 Å². The second-order valence-corrected chi connectivity index (χ2v) is 5.55. The number of carboxylic acids is 1. The summed E-state index contributed by atoms with van der Waals surface area (Å²) >= 11 is 0. The molecule has 0 bridgehead atoms. The average molecular weight is 267 g/mol. The molecule has 1 amide bonds. The van der Waals surface area contributed by atoms with Gasteiger partial charge in [-0.05, 0) is 25.7 Å². The maximum absolute atomic E-state index is 12.2. The summed E-state index contributed by atoms with van der Waals surface area (Å²) in [6.07, 6.45) is 6.91. The van der Waals surface area contributed by atoms with Gasteiger partial charge in [0.2, 0.25) is 5.78 Å². The molecule has 0 aromatic carbocycles. The molecule has 2 rings (SSSR count). The van der Waals surface area contributed by atoms with Gasteiger partial charge >= 0.3 is 5.97 Å². The van der Waals surface area contributed by atoms with Crippen LogP contribution in [-0.2, 0) is 14.4 Å². The molecule has 1 aliphatic heterocycles. The van der Waals surface area contributed by atoms with Gasteiger partial charge in [0.15, 0.2) is 0 Å². The van der Waals surface area contributed by atoms with Crippen LogP contribution in [0.15, 0.2) is 0 Å². The number of hydrogen-bond acceptors (Lipinski definition) is 3. The maximum Gasteiger partial charge on any atom is 0.326 e. The Morgan fingerprint density at radius 1 is 0.895 bits per heavy atom. The minimum atomic E-state index is -1.00. The highest BCUT2D eigenvalue weighted by Crippen LogP contribution is 2.26. The molecule has 0 radical (unpaired) electrons. The fraction of sp³-hybridized carbons (Fsp3) is 0.786. The van der Waals surface area contributed by atoms with Crippen molar-refractivity contribution >= 4 is 17.7 Å². The van der Waals surface area contributed by atoms with Gasteiger partial charge in [0, 0.05) is 12.5 Å². The molecule has 1 heterocycles. The van der Waals surface area contributed by atoms with Gasteiger partial charge < -0.3 is 10.0 Å². The van der Waals surface area contributed by atoms with E-state index in [-0.39, 0.29) is 11.7 Å². The third kappa shape index (κ3) is 3.14. The van der Waals surface area contributed by atoms with Gasteiger partial charge in [-0.15, -0.1) is 0 Å². The first-order valence-corrected chi connectivity index (χ1v) is 7.19. The molecule has 1 aliphatic carbocycles. The average Bonchev–Trinajstić information content (AvgIpc) is 2.73. The summed E-state index contributed by atoms with van der Waals surface area (Å²) in [6.45, 7) is 0.397. The number of Topliss-reactive ketones (excluding diaryl/α,β-unsaturated/α-hetero) is 1. The number of likely N-dealkylation sites (tertiary alicyclic amines) is 1. The third-order valence-electron chi connectivity index (χ3n) is 4.24. The quantitative estimate of drug-likeness (QED) is 0.622. The van der Waals surface area contributed by atoms with Crippen molar-refractivity contribution in [3.05, 3.63) is 0 Å². The van der Waals surface area contributed by atoms with E-state index in [1.165, 1.54) is 4.90 Å². The zero-order valence-electron chi connectivity index (χ0n) is 11.1. The lowest BCUT2D eigenvalue weighted by molar-refractivity contribution is -0.153. The number of carboxylic acid groups (broad SMARTS) is 1. The molecular weight excluding hydrogens is 246 g/mol. The normalized spacial score (nSPS) is 25.1. The Morgan fingerprint density at radius 3 is 2.11 bits per heavy atom. The molecule has 0 aromatic rings. The van der Waals surface area contributed by atoms with E-state index in [2.05, 4.69) is 0 Å². The van der Waals surface area contributed by atoms with Crippen molar-refractivity contribution in [2.24, 2.45) is 5.92 Å². The number of carbonyl (C=O) groups excluding carboxylic acids is 2. The van der Waals surface area contributed by atoms with Crippen LogP contribution < -0.4 is 0 Å². The van der Waals surface area contributed by atoms with Gasteiger partial charge in [-0.2, -0.15) is 0 Å². The fourth-order valence-electron chi connectivity index (χ4n) is 3.12. The predicted octanol–water partition coefficient (Wildman–Crippen LogP) is 1.60. The van der Waals surface area contributed by atoms with Crippen LogP contribution in [0.2, 0.25) is 0 Å². The Balaban J connectivity index is 2.01. The molecule has 1 N–H and O–H groups in total. The van der Waals surface area contributed by atoms with Crippen LogP contribution >= 0.6 is 0 Å². The topological polar surface area (TPSA) is 74.7 Å². The highest BCUT2D eigenvalue weighted by Gasteiger charge is 2.38. The monoisotopic (exact) mass is 267 g/mol. The molecule has 5 heteroatoms. The second-order valence-electron chi connectivity index (χ2n) is 5.55. The van der Waals surface area contributed by atoms with Crippen molar-refractivity contribution in [3.8, 4) is 0 Å². The van der Waals surface area contributed by atoms with Gasteiger partial charge in [0.05, 0.1) is 0 Å². The lowest BCUT2D eigenvalue weighted by Gasteiger charge is -2.22. The van der Waals surface area contributed by atoms with Crippen LogP contribution in [-0.4, -0.2) is 40.3 Å². The highest BCUT2D eigenvalue weighted by atomic mass is 16.4. The van der Waals surface area contributed by atoms with E-state index < -0.39 is 17.9 Å². The number of amides is 1. The summed E-state index contributed by atoms with van der Waals surface area (Å²) in [5.41, 5.74) is 0. The van der Waals surface area contributed by atoms with Crippen LogP contribution in [0.5, 0.6) is 0 Å². The Morgan fingerprint density at radius 2 is 1.53 bits per heavy atom. The molecule has 1 saturated carbocycles. The Labute approximate surface area is 113 Å². The summed E-state index contributed by atoms with van der Waals surface area (Å²) in [6, 6.07) is -0.803. The zero-order chi connectivity index (χ0) is 13.8. The molecule has 1 atom stereocenters. The molecule has 106 valence electrons. The molecule has 1 unspecified atom stereocenters. The largest absolute Gasteiger partial charge is 0.480 e. The molecule has 0 aromatic heterocycles. The first-order chi connectivity index (χ1) is 9.11. The smallest absolute Gasteiger partial charge is 0.326 e. The summed E-state index contributed by atoms with van der Waals surface area (Å²) in [5.74, 6) is -2.13. The number of nitrogens with zero attached hydrogens (tertiary/aromatic N) is 1. The number of ketones is 1. The predicted molar refractivity (Wildman–Crippen MR) is 68.6 cm³/mol. The molecular formula is C14H21NO4. The first-order valence-electron chi connectivity index (χ1n) is 7.19. The minimum Gasteiger partial charge on any atom is -0.480 e. The highest BCUT2D eigenvalue weighted by molar-refractivity contribution is 6.37. The van der Waals surface area contributed by atoms with Crippen molar-refractivity contribution in [2.45, 2.75) is 57.4 Å². The molecule has 5 nitrogen and oxygen atoms in total. The standard InChI is InChI=1S/C14H21NO4/c16-12(10-6-3-1-2-4-7-10)13(17)15-9-5-8-11(15)14(18)19/h10-11H,1-9H2,(H,18,19). The van der Waals surface area contributed by atoms with E-state index in [1.54, 1.807) is 0 Å². The van der Waals surface area contributed by atoms with Crippen LogP contribution in [0.3, 0.4) is 0 Å². The third-order valence-corrected chi connectivity index (χ3v) is 4.24. The lowest BCUT2D eigenvalue weighted by atomic mass is 9.94. The van der Waals surface area contributed by atoms with E-state index >= 15 is 0 Å². The minimum absolute atomic E-state index is 0.190. The van der Waals surface area contributed by atoms with E-state index in [4.69, 9.17) is 5.11 Å². The van der Waals surface area contributed by atoms with E-state index in [0.717, 1.165) is 38.5 Å². The number of aliphatic carboxylic acids is 1. The van der Waals surface area contributed by atoms with Crippen LogP contribution in [0, 0.1) is 5.92 Å². The number of hydrogen-bond donors (Lipinski definition) is 1. The van der Waals surface area contributed by atoms with Crippen molar-refractivity contribution in [3.63, 3.8) is 0 Å². The summed E-state index contributed by atoms with van der Waals surface area (Å²) in [7, 11) is 0. The van der Waals surface area contributed by atoms with Gasteiger partial charge in [-0.1, -0.05) is 25.7 Å². The Hall–Kier alpha value is -1.39. The summed E-state index contributed by atoms with van der Waals surface area (Å²) in [5, 5.41) is 9.06. The zero-order valence-corrected chi connectivity index (χ0v) is 11.1. The lowest BCUT2D eigenvalue weighted by Crippen LogP contribution is -2.45. The van der Waals surface area contributed by atoms with Gasteiger partial charge in [0.25, 0.3) is 5.91 Å². The van der Waals surface area contributed by atoms with Crippen LogP contribution in [0.4, 0.5) is 0 Å². The molecule has 2 aliphatic rings. The molecule has 2 fully saturated rings. The van der Waals surface area contributed by atoms with Crippen LogP contribution in [0.1, 0.15) is 51.4 Å². The summed E-state index contributed by atoms with van der Waals surface area (Å²) in [4.78, 5) is 36.7. The van der Waals surface area contributed by atoms with E-state index in [0.29, 0.717) is 19.4 Å².